The quantitative estimate of drug-likeness (QED) is 0.514. The van der Waals surface area contributed by atoms with Gasteiger partial charge in [-0.3, -0.25) is 9.89 Å². The largest absolute Gasteiger partial charge is 0.387 e. The third-order valence-electron chi connectivity index (χ3n) is 2.74. The minimum Gasteiger partial charge on any atom is -0.387 e. The average Bonchev–Trinajstić information content (AvgIpc) is 2.95. The monoisotopic (exact) mass is 183 g/mol. The topological polar surface area (TPSA) is 41.6 Å². The van der Waals surface area contributed by atoms with Crippen molar-refractivity contribution >= 4 is 5.84 Å². The first-order valence-corrected chi connectivity index (χ1v) is 5.15. The van der Waals surface area contributed by atoms with Crippen LogP contribution in [0, 0.1) is 0 Å². The zero-order valence-corrected chi connectivity index (χ0v) is 8.95. The van der Waals surface area contributed by atoms with Crippen molar-refractivity contribution in [2.24, 2.45) is 10.7 Å². The molecule has 0 aromatic rings. The van der Waals surface area contributed by atoms with Crippen molar-refractivity contribution in [3.8, 4) is 0 Å². The standard InChI is InChI=1S/C10H21N3/c1-4-10(11)12-7-8(2)13(3)9-5-6-9/h8-9H,4-7H2,1-3H3,(H2,11,12). The van der Waals surface area contributed by atoms with E-state index in [0.29, 0.717) is 6.04 Å². The van der Waals surface area contributed by atoms with Crippen molar-refractivity contribution in [3.63, 3.8) is 0 Å². The number of hydrogen-bond acceptors (Lipinski definition) is 2. The minimum atomic E-state index is 0.526. The summed E-state index contributed by atoms with van der Waals surface area (Å²) in [5.41, 5.74) is 5.64. The summed E-state index contributed by atoms with van der Waals surface area (Å²) in [6.45, 7) is 5.09. The Balaban J connectivity index is 2.26. The number of likely N-dealkylation sites (N-methyl/N-ethyl adjacent to an activating group) is 1. The van der Waals surface area contributed by atoms with Crippen LogP contribution >= 0.6 is 0 Å². The summed E-state index contributed by atoms with van der Waals surface area (Å²) < 4.78 is 0. The first-order valence-electron chi connectivity index (χ1n) is 5.15. The molecule has 0 bridgehead atoms. The van der Waals surface area contributed by atoms with Gasteiger partial charge in [0.15, 0.2) is 0 Å². The van der Waals surface area contributed by atoms with Gasteiger partial charge in [0.25, 0.3) is 0 Å². The Kier molecular flexibility index (Phi) is 3.72. The van der Waals surface area contributed by atoms with Crippen LogP contribution in [0.15, 0.2) is 4.99 Å². The lowest BCUT2D eigenvalue weighted by Crippen LogP contribution is -2.33. The second kappa shape index (κ2) is 4.61. The van der Waals surface area contributed by atoms with E-state index in [1.165, 1.54) is 12.8 Å². The zero-order chi connectivity index (χ0) is 9.84. The van der Waals surface area contributed by atoms with Gasteiger partial charge in [0.1, 0.15) is 0 Å². The van der Waals surface area contributed by atoms with E-state index >= 15 is 0 Å². The number of aliphatic imine (C=N–C) groups is 1. The molecule has 1 rings (SSSR count). The predicted octanol–water partition coefficient (Wildman–Crippen LogP) is 1.24. The van der Waals surface area contributed by atoms with Crippen LogP contribution < -0.4 is 5.73 Å². The van der Waals surface area contributed by atoms with Gasteiger partial charge in [-0.15, -0.1) is 0 Å². The lowest BCUT2D eigenvalue weighted by molar-refractivity contribution is 0.253. The van der Waals surface area contributed by atoms with Crippen LogP contribution in [0.25, 0.3) is 0 Å². The fourth-order valence-electron chi connectivity index (χ4n) is 1.33. The molecule has 0 aromatic heterocycles. The molecule has 0 aliphatic heterocycles. The number of hydrogen-bond donors (Lipinski definition) is 1. The van der Waals surface area contributed by atoms with E-state index in [-0.39, 0.29) is 0 Å². The molecule has 76 valence electrons. The van der Waals surface area contributed by atoms with E-state index in [2.05, 4.69) is 23.9 Å². The highest BCUT2D eigenvalue weighted by Crippen LogP contribution is 2.26. The van der Waals surface area contributed by atoms with Gasteiger partial charge in [0, 0.05) is 18.5 Å². The second-order valence-electron chi connectivity index (χ2n) is 3.93. The molecule has 0 saturated heterocycles. The van der Waals surface area contributed by atoms with Gasteiger partial charge in [0.2, 0.25) is 0 Å². The second-order valence-corrected chi connectivity index (χ2v) is 3.93. The molecular weight excluding hydrogens is 162 g/mol. The van der Waals surface area contributed by atoms with Gasteiger partial charge < -0.3 is 5.73 Å². The van der Waals surface area contributed by atoms with E-state index < -0.39 is 0 Å². The summed E-state index contributed by atoms with van der Waals surface area (Å²) >= 11 is 0. The van der Waals surface area contributed by atoms with Crippen LogP contribution in [0.5, 0.6) is 0 Å². The van der Waals surface area contributed by atoms with Gasteiger partial charge in [-0.2, -0.15) is 0 Å². The maximum Gasteiger partial charge on any atom is 0.0934 e. The molecule has 13 heavy (non-hydrogen) atoms. The van der Waals surface area contributed by atoms with Crippen LogP contribution in [0.1, 0.15) is 33.1 Å². The average molecular weight is 183 g/mol. The van der Waals surface area contributed by atoms with E-state index in [4.69, 9.17) is 5.73 Å². The summed E-state index contributed by atoms with van der Waals surface area (Å²) in [4.78, 5) is 6.74. The van der Waals surface area contributed by atoms with E-state index in [1.54, 1.807) is 0 Å². The molecule has 0 heterocycles. The number of nitrogens with two attached hydrogens (primary N) is 1. The maximum atomic E-state index is 5.64. The van der Waals surface area contributed by atoms with Crippen LogP contribution in [0.2, 0.25) is 0 Å². The first-order chi connectivity index (χ1) is 6.15. The molecule has 1 unspecified atom stereocenters. The van der Waals surface area contributed by atoms with Gasteiger partial charge in [0.05, 0.1) is 12.4 Å². The molecule has 0 radical (unpaired) electrons. The minimum absolute atomic E-state index is 0.526. The Labute approximate surface area is 81.0 Å². The Morgan fingerprint density at radius 3 is 2.69 bits per heavy atom. The van der Waals surface area contributed by atoms with Gasteiger partial charge >= 0.3 is 0 Å². The van der Waals surface area contributed by atoms with E-state index in [9.17, 15) is 0 Å². The predicted molar refractivity (Wildman–Crippen MR) is 57.0 cm³/mol. The molecule has 0 aromatic carbocycles. The number of amidine groups is 1. The zero-order valence-electron chi connectivity index (χ0n) is 8.95. The van der Waals surface area contributed by atoms with Gasteiger partial charge in [-0.05, 0) is 26.8 Å². The van der Waals surface area contributed by atoms with Crippen LogP contribution in [-0.4, -0.2) is 36.4 Å². The maximum absolute atomic E-state index is 5.64. The van der Waals surface area contributed by atoms with Crippen molar-refractivity contribution in [2.75, 3.05) is 13.6 Å². The summed E-state index contributed by atoms with van der Waals surface area (Å²) in [5, 5.41) is 0. The normalized spacial score (nSPS) is 20.8. The lowest BCUT2D eigenvalue weighted by atomic mass is 10.3. The molecule has 1 atom stereocenters. The van der Waals surface area contributed by atoms with Gasteiger partial charge in [-0.25, -0.2) is 0 Å². The molecule has 1 aliphatic carbocycles. The van der Waals surface area contributed by atoms with Crippen molar-refractivity contribution in [2.45, 2.75) is 45.2 Å². The first kappa shape index (κ1) is 10.5. The summed E-state index contributed by atoms with van der Waals surface area (Å²) in [6, 6.07) is 1.34. The molecule has 0 amide bonds. The van der Waals surface area contributed by atoms with E-state index in [0.717, 1.165) is 24.8 Å². The third-order valence-corrected chi connectivity index (χ3v) is 2.74. The molecule has 3 heteroatoms. The summed E-state index contributed by atoms with van der Waals surface area (Å²) in [6.07, 6.45) is 3.57. The lowest BCUT2D eigenvalue weighted by Gasteiger charge is -2.22. The van der Waals surface area contributed by atoms with Crippen LogP contribution in [0.4, 0.5) is 0 Å². The molecule has 2 N–H and O–H groups in total. The Morgan fingerprint density at radius 1 is 1.62 bits per heavy atom. The summed E-state index contributed by atoms with van der Waals surface area (Å²) in [5.74, 6) is 0.774. The Bertz CT molecular complexity index is 185. The summed E-state index contributed by atoms with van der Waals surface area (Å²) in [7, 11) is 2.18. The van der Waals surface area contributed by atoms with Crippen molar-refractivity contribution in [1.29, 1.82) is 0 Å². The molecule has 1 saturated carbocycles. The van der Waals surface area contributed by atoms with E-state index in [1.807, 2.05) is 6.92 Å². The highest BCUT2D eigenvalue weighted by Gasteiger charge is 2.28. The number of rotatable bonds is 5. The van der Waals surface area contributed by atoms with Crippen molar-refractivity contribution in [3.05, 3.63) is 0 Å². The highest BCUT2D eigenvalue weighted by molar-refractivity contribution is 5.79. The van der Waals surface area contributed by atoms with Crippen molar-refractivity contribution in [1.82, 2.24) is 4.90 Å². The molecule has 3 nitrogen and oxygen atoms in total. The van der Waals surface area contributed by atoms with Crippen molar-refractivity contribution < 1.29 is 0 Å². The SMILES string of the molecule is CCC(N)=NCC(C)N(C)C1CC1. The molecule has 1 aliphatic rings. The highest BCUT2D eigenvalue weighted by atomic mass is 15.2. The third kappa shape index (κ3) is 3.35. The van der Waals surface area contributed by atoms with Crippen LogP contribution in [0.3, 0.4) is 0 Å². The molecule has 0 spiro atoms. The molecular formula is C10H21N3. The van der Waals surface area contributed by atoms with Crippen LogP contribution in [-0.2, 0) is 0 Å². The van der Waals surface area contributed by atoms with Gasteiger partial charge in [-0.1, -0.05) is 6.92 Å². The Hall–Kier alpha value is -0.570. The fourth-order valence-corrected chi connectivity index (χ4v) is 1.33. The smallest absolute Gasteiger partial charge is 0.0934 e. The fraction of sp³-hybridized carbons (Fsp3) is 0.900. The molecule has 1 fully saturated rings. The number of nitrogens with zero attached hydrogens (tertiary/aromatic N) is 2. The Morgan fingerprint density at radius 2 is 2.23 bits per heavy atom.